The van der Waals surface area contributed by atoms with Crippen LogP contribution in [0.4, 0.5) is 56.9 Å². The number of anilines is 1. The van der Waals surface area contributed by atoms with Crippen molar-refractivity contribution in [2.24, 2.45) is 40.9 Å². The third-order valence-corrected chi connectivity index (χ3v) is 17.9. The van der Waals surface area contributed by atoms with E-state index in [2.05, 4.69) is 46.0 Å². The van der Waals surface area contributed by atoms with Crippen LogP contribution in [0.2, 0.25) is 0 Å². The number of nitro groups is 1. The smallest absolute Gasteiger partial charge is 0.358 e. The molecule has 0 aliphatic rings. The number of aromatic nitrogens is 2. The predicted molar refractivity (Wildman–Crippen MR) is 293 cm³/mol. The van der Waals surface area contributed by atoms with Crippen molar-refractivity contribution >= 4 is 155 Å². The van der Waals surface area contributed by atoms with E-state index < -0.39 is 217 Å². The number of nitrogens with zero attached hydrogens (tertiary/aromatic N) is 11. The number of azo groups is 4. The summed E-state index contributed by atoms with van der Waals surface area (Å²) < 4.78 is 246. The number of phenols is 2. The van der Waals surface area contributed by atoms with Gasteiger partial charge in [-0.25, -0.2) is 4.79 Å². The van der Waals surface area contributed by atoms with Gasteiger partial charge in [0, 0.05) is 28.3 Å². The number of benzene rings is 7. The molecule has 0 atom stereocenters. The Labute approximate surface area is 494 Å². The molecule has 0 amide bonds. The summed E-state index contributed by atoms with van der Waals surface area (Å²) in [5, 5.41) is 82.7. The molecule has 0 spiro atoms. The van der Waals surface area contributed by atoms with Gasteiger partial charge in [-0.3, -0.25) is 42.0 Å². The van der Waals surface area contributed by atoms with E-state index in [4.69, 9.17) is 5.73 Å². The fraction of sp³-hybridized carbons (Fsp3) is 0. The molecule has 40 nitrogen and oxygen atoms in total. The molecule has 0 aliphatic carbocycles. The summed E-state index contributed by atoms with van der Waals surface area (Å²) in [5.41, 5.74) is -5.23. The third kappa shape index (κ3) is 13.2. The molecule has 89 heavy (non-hydrogen) atoms. The Morgan fingerprint density at radius 1 is 0.472 bits per heavy atom. The van der Waals surface area contributed by atoms with E-state index in [0.717, 1.165) is 42.5 Å². The van der Waals surface area contributed by atoms with Crippen molar-refractivity contribution in [2.45, 2.75) is 34.3 Å². The second-order valence-corrected chi connectivity index (χ2v) is 27.0. The van der Waals surface area contributed by atoms with Crippen LogP contribution in [0.3, 0.4) is 0 Å². The number of aromatic carboxylic acids is 1. The maximum atomic E-state index is 13.1. The zero-order valence-electron chi connectivity index (χ0n) is 42.4. The molecule has 8 rings (SSSR count). The van der Waals surface area contributed by atoms with Gasteiger partial charge in [0.25, 0.3) is 76.5 Å². The lowest BCUT2D eigenvalue weighted by Gasteiger charge is -2.15. The van der Waals surface area contributed by atoms with Crippen molar-refractivity contribution in [3.63, 3.8) is 0 Å². The Kier molecular flexibility index (Phi) is 16.6. The molecular formula is C42H28N12O28S7. The summed E-state index contributed by atoms with van der Waals surface area (Å²) >= 11 is 0. The Morgan fingerprint density at radius 3 is 1.46 bits per heavy atom. The van der Waals surface area contributed by atoms with E-state index in [0.29, 0.717) is 35.0 Å². The lowest BCUT2D eigenvalue weighted by Crippen LogP contribution is -2.04. The maximum absolute atomic E-state index is 13.1. The number of nitro benzene ring substituents is 1. The number of phenolic OH excluding ortho intramolecular Hbond substituents is 2. The molecular weight excluding hydrogens is 1340 g/mol. The van der Waals surface area contributed by atoms with E-state index in [1.807, 2.05) is 0 Å². The molecule has 0 unspecified atom stereocenters. The standard InChI is InChI=1S/C42H28N12O28S7/c43-33-26(15-27(84(65,66)67)22-14-31(88(77,78)79)35(39(56)32(22)33)50-45-24-9-4-18(54(60)61)12-29(24)86(71,72)73)48-47-25-10-7-20-21(40(25)89(80,81)82)13-30(87(74,75)76)34(38(20)55)49-44-16-1-8-23(28(11-16)85(68,69)70)46-51-36-37(42(58)59)52-53(41(36)57)17-2-5-19(6-3-17)83(62,63)64/h1-15,55-57H,43H2,(H,58,59)(H,62,63,64)(H,65,66,67)(H,68,69,70)(H,71,72,73)(H,74,75,76)(H,77,78,79)(H,80,81,82)/b48-47-,49-44-,50-45-,51-46+. The summed E-state index contributed by atoms with van der Waals surface area (Å²) in [7, 11) is -38.5. The first-order valence-electron chi connectivity index (χ1n) is 22.4. The number of hydrogen-bond acceptors (Lipinski definition) is 30. The highest BCUT2D eigenvalue weighted by Gasteiger charge is 2.32. The molecule has 0 aliphatic heterocycles. The van der Waals surface area contributed by atoms with Crippen LogP contribution in [0.15, 0.2) is 166 Å². The number of nitrogen functional groups attached to an aromatic ring is 1. The fourth-order valence-electron chi connectivity index (χ4n) is 7.88. The Morgan fingerprint density at radius 2 is 0.944 bits per heavy atom. The van der Waals surface area contributed by atoms with Crippen LogP contribution in [0.1, 0.15) is 10.5 Å². The molecule has 1 aromatic heterocycles. The Balaban J connectivity index is 1.23. The lowest BCUT2D eigenvalue weighted by molar-refractivity contribution is -0.385. The molecule has 1 heterocycles. The number of carbonyl (C=O) groups is 1. The summed E-state index contributed by atoms with van der Waals surface area (Å²) in [6.45, 7) is 0. The number of hydrogen-bond donors (Lipinski definition) is 12. The minimum atomic E-state index is -5.80. The first kappa shape index (κ1) is 65.1. The van der Waals surface area contributed by atoms with E-state index in [1.54, 1.807) is 0 Å². The van der Waals surface area contributed by atoms with Crippen molar-refractivity contribution in [2.75, 3.05) is 5.73 Å². The monoisotopic (exact) mass is 1370 g/mol. The number of nitrogens with two attached hydrogens (primary N) is 1. The molecule has 0 radical (unpaired) electrons. The molecule has 13 N–H and O–H groups in total. The molecule has 466 valence electrons. The van der Waals surface area contributed by atoms with E-state index in [-0.39, 0.29) is 23.9 Å². The van der Waals surface area contributed by atoms with E-state index in [9.17, 15) is 126 Å². The number of fused-ring (bicyclic) bond motifs is 2. The molecule has 47 heteroatoms. The van der Waals surface area contributed by atoms with Crippen LogP contribution in [0.25, 0.3) is 27.2 Å². The zero-order chi connectivity index (χ0) is 66.2. The SMILES string of the molecule is Nc1c(/N=N\c2ccc3c(O)c(/N=N\c4ccc(/N=N/c5c(C(=O)O)nn(-c6ccc(S(=O)(=O)O)cc6)c5O)c(S(=O)(=O)O)c4)c(S(=O)(=O)O)cc3c2S(=O)(=O)O)cc(S(=O)(=O)O)c2cc(S(=O)(=O)O)c(/N=N\c3ccc([N+](=O)[O-])cc3S(=O)(=O)O)c(O)c12. The zero-order valence-corrected chi connectivity index (χ0v) is 48.1. The number of aromatic hydroxyl groups is 3. The van der Waals surface area contributed by atoms with Gasteiger partial charge in [0.2, 0.25) is 11.6 Å². The normalized spacial score (nSPS) is 13.2. The van der Waals surface area contributed by atoms with Crippen molar-refractivity contribution in [3.05, 3.63) is 107 Å². The highest BCUT2D eigenvalue weighted by molar-refractivity contribution is 7.87. The molecule has 0 saturated heterocycles. The lowest BCUT2D eigenvalue weighted by atomic mass is 10.0. The highest BCUT2D eigenvalue weighted by Crippen LogP contribution is 2.50. The van der Waals surface area contributed by atoms with Crippen molar-refractivity contribution in [3.8, 4) is 23.1 Å². The van der Waals surface area contributed by atoms with Crippen LogP contribution in [-0.4, -0.2) is 132 Å². The summed E-state index contributed by atoms with van der Waals surface area (Å²) in [4.78, 5) is 13.1. The number of carboxylic acid groups (broad SMARTS) is 1. The van der Waals surface area contributed by atoms with Gasteiger partial charge in [0.05, 0.1) is 32.3 Å². The number of non-ortho nitro benzene ring substituents is 1. The molecule has 0 bridgehead atoms. The molecule has 0 saturated carbocycles. The minimum absolute atomic E-state index is 0.204. The summed E-state index contributed by atoms with van der Waals surface area (Å²) in [5.74, 6) is -5.92. The van der Waals surface area contributed by atoms with Gasteiger partial charge >= 0.3 is 5.97 Å². The first-order chi connectivity index (χ1) is 40.9. The summed E-state index contributed by atoms with van der Waals surface area (Å²) in [6, 6.07) is 9.27. The topological polar surface area (TPSA) is 664 Å². The van der Waals surface area contributed by atoms with Gasteiger partial charge in [-0.05, 0) is 78.9 Å². The highest BCUT2D eigenvalue weighted by atomic mass is 32.2. The van der Waals surface area contributed by atoms with Crippen LogP contribution < -0.4 is 5.73 Å². The van der Waals surface area contributed by atoms with Crippen molar-refractivity contribution in [1.82, 2.24) is 9.78 Å². The molecule has 7 aromatic carbocycles. The second kappa shape index (κ2) is 22.7. The largest absolute Gasteiger partial charge is 0.505 e. The van der Waals surface area contributed by atoms with Gasteiger partial charge < -0.3 is 26.2 Å². The average molecular weight is 1370 g/mol. The van der Waals surface area contributed by atoms with Crippen molar-refractivity contribution < 1.29 is 121 Å². The van der Waals surface area contributed by atoms with Crippen molar-refractivity contribution in [1.29, 1.82) is 0 Å². The number of carboxylic acids is 1. The van der Waals surface area contributed by atoms with Crippen LogP contribution in [0, 0.1) is 10.1 Å². The molecule has 8 aromatic rings. The van der Waals surface area contributed by atoms with Gasteiger partial charge in [0.1, 0.15) is 63.5 Å². The number of rotatable bonds is 18. The Hall–Kier alpha value is -9.89. The second-order valence-electron chi connectivity index (χ2n) is 17.3. The molecule has 0 fully saturated rings. The third-order valence-electron chi connectivity index (χ3n) is 11.7. The van der Waals surface area contributed by atoms with Crippen LogP contribution in [-0.2, 0) is 70.8 Å². The predicted octanol–water partition coefficient (Wildman–Crippen LogP) is 6.87. The Bertz CT molecular complexity index is 5450. The minimum Gasteiger partial charge on any atom is -0.505 e. The van der Waals surface area contributed by atoms with Gasteiger partial charge in [-0.15, -0.1) is 35.8 Å². The average Bonchev–Trinajstić information content (AvgIpc) is 1.35. The quantitative estimate of drug-likeness (QED) is 0.0137. The first-order valence-corrected chi connectivity index (χ1v) is 32.5. The van der Waals surface area contributed by atoms with E-state index in [1.165, 1.54) is 0 Å². The fourth-order valence-corrected chi connectivity index (χ4v) is 12.5. The van der Waals surface area contributed by atoms with Gasteiger partial charge in [-0.2, -0.15) is 73.8 Å². The van der Waals surface area contributed by atoms with Crippen LogP contribution >= 0.6 is 0 Å². The van der Waals surface area contributed by atoms with Gasteiger partial charge in [-0.1, -0.05) is 0 Å². The van der Waals surface area contributed by atoms with E-state index >= 15 is 0 Å². The summed E-state index contributed by atoms with van der Waals surface area (Å²) in [6.07, 6.45) is 0. The van der Waals surface area contributed by atoms with Gasteiger partial charge in [0.15, 0.2) is 17.2 Å². The maximum Gasteiger partial charge on any atom is 0.358 e. The van der Waals surface area contributed by atoms with Crippen LogP contribution in [0.5, 0.6) is 17.4 Å².